The van der Waals surface area contributed by atoms with Gasteiger partial charge in [0.05, 0.1) is 0 Å². The van der Waals surface area contributed by atoms with E-state index in [9.17, 15) is 0 Å². The molecule has 0 saturated heterocycles. The molecule has 1 atom stereocenters. The lowest BCUT2D eigenvalue weighted by Crippen LogP contribution is -2.05. The second-order valence-corrected chi connectivity index (χ2v) is 5.20. The van der Waals surface area contributed by atoms with Gasteiger partial charge < -0.3 is 0 Å². The van der Waals surface area contributed by atoms with Crippen molar-refractivity contribution in [1.82, 2.24) is 0 Å². The number of rotatable bonds is 5. The molecule has 0 heterocycles. The minimum atomic E-state index is 0.779. The van der Waals surface area contributed by atoms with Gasteiger partial charge in [0.1, 0.15) is 0 Å². The van der Waals surface area contributed by atoms with Crippen LogP contribution in [-0.2, 0) is 6.42 Å². The molecule has 0 fully saturated rings. The predicted octanol–water partition coefficient (Wildman–Crippen LogP) is 4.80. The van der Waals surface area contributed by atoms with E-state index in [1.54, 1.807) is 0 Å². The first-order valence-electron chi connectivity index (χ1n) is 5.06. The molecule has 0 aliphatic rings. The van der Waals surface area contributed by atoms with Crippen molar-refractivity contribution >= 4 is 31.9 Å². The van der Waals surface area contributed by atoms with Crippen LogP contribution in [0.3, 0.4) is 0 Å². The van der Waals surface area contributed by atoms with Crippen LogP contribution in [0.2, 0.25) is 0 Å². The first kappa shape index (κ1) is 12.3. The van der Waals surface area contributed by atoms with Crippen molar-refractivity contribution in [2.45, 2.75) is 26.2 Å². The van der Waals surface area contributed by atoms with Crippen LogP contribution in [0.25, 0.3) is 0 Å². The molecule has 1 aromatic rings. The third kappa shape index (κ3) is 4.14. The van der Waals surface area contributed by atoms with Crippen LogP contribution in [-0.4, -0.2) is 5.33 Å². The van der Waals surface area contributed by atoms with Crippen LogP contribution in [0, 0.1) is 5.92 Å². The van der Waals surface area contributed by atoms with Crippen LogP contribution < -0.4 is 0 Å². The highest BCUT2D eigenvalue weighted by atomic mass is 79.9. The first-order valence-corrected chi connectivity index (χ1v) is 6.98. The van der Waals surface area contributed by atoms with E-state index in [1.165, 1.54) is 24.8 Å². The van der Waals surface area contributed by atoms with E-state index >= 15 is 0 Å². The van der Waals surface area contributed by atoms with Gasteiger partial charge >= 0.3 is 0 Å². The van der Waals surface area contributed by atoms with Gasteiger partial charge in [0.2, 0.25) is 0 Å². The largest absolute Gasteiger partial charge is 0.0925 e. The fourth-order valence-corrected chi connectivity index (χ4v) is 2.41. The highest BCUT2D eigenvalue weighted by molar-refractivity contribution is 9.10. The summed E-state index contributed by atoms with van der Waals surface area (Å²) in [6.45, 7) is 2.25. The standard InChI is InChI=1S/C12H16Br2/c1-2-3-11(9-13)8-10-4-6-12(14)7-5-10/h4-7,11H,2-3,8-9H2,1H3. The van der Waals surface area contributed by atoms with Gasteiger partial charge in [-0.25, -0.2) is 0 Å². The van der Waals surface area contributed by atoms with Crippen molar-refractivity contribution in [3.63, 3.8) is 0 Å². The Morgan fingerprint density at radius 1 is 1.21 bits per heavy atom. The Morgan fingerprint density at radius 2 is 1.86 bits per heavy atom. The first-order chi connectivity index (χ1) is 6.76. The Balaban J connectivity index is 2.53. The molecule has 0 saturated carbocycles. The Labute approximate surface area is 103 Å². The Hall–Kier alpha value is 0.180. The van der Waals surface area contributed by atoms with Gasteiger partial charge in [-0.15, -0.1) is 0 Å². The lowest BCUT2D eigenvalue weighted by Gasteiger charge is -2.12. The molecule has 0 bridgehead atoms. The van der Waals surface area contributed by atoms with E-state index in [0.717, 1.165) is 15.7 Å². The summed E-state index contributed by atoms with van der Waals surface area (Å²) in [4.78, 5) is 0. The maximum absolute atomic E-state index is 3.58. The van der Waals surface area contributed by atoms with Crippen molar-refractivity contribution in [3.8, 4) is 0 Å². The minimum absolute atomic E-state index is 0.779. The zero-order valence-electron chi connectivity index (χ0n) is 8.47. The van der Waals surface area contributed by atoms with Gasteiger partial charge in [-0.2, -0.15) is 0 Å². The quantitative estimate of drug-likeness (QED) is 0.684. The third-order valence-corrected chi connectivity index (χ3v) is 3.80. The van der Waals surface area contributed by atoms with Crippen molar-refractivity contribution in [1.29, 1.82) is 0 Å². The summed E-state index contributed by atoms with van der Waals surface area (Å²) in [6.07, 6.45) is 3.76. The summed E-state index contributed by atoms with van der Waals surface area (Å²) in [6, 6.07) is 8.64. The molecule has 14 heavy (non-hydrogen) atoms. The average Bonchev–Trinajstić information content (AvgIpc) is 2.20. The second-order valence-electron chi connectivity index (χ2n) is 3.64. The summed E-state index contributed by atoms with van der Waals surface area (Å²) in [7, 11) is 0. The molecular weight excluding hydrogens is 304 g/mol. The predicted molar refractivity (Wildman–Crippen MR) is 70.0 cm³/mol. The van der Waals surface area contributed by atoms with Gasteiger partial charge in [0.15, 0.2) is 0 Å². The van der Waals surface area contributed by atoms with Gasteiger partial charge in [-0.1, -0.05) is 57.3 Å². The van der Waals surface area contributed by atoms with Crippen LogP contribution in [0.4, 0.5) is 0 Å². The molecule has 1 rings (SSSR count). The number of hydrogen-bond donors (Lipinski definition) is 0. The molecule has 1 aromatic carbocycles. The SMILES string of the molecule is CCCC(CBr)Cc1ccc(Br)cc1. The Morgan fingerprint density at radius 3 is 2.36 bits per heavy atom. The van der Waals surface area contributed by atoms with Crippen molar-refractivity contribution < 1.29 is 0 Å². The highest BCUT2D eigenvalue weighted by Crippen LogP contribution is 2.18. The van der Waals surface area contributed by atoms with Crippen LogP contribution in [0.1, 0.15) is 25.3 Å². The Bertz CT molecular complexity index is 254. The summed E-state index contributed by atoms with van der Waals surface area (Å²) < 4.78 is 1.16. The molecule has 0 nitrogen and oxygen atoms in total. The molecule has 0 amide bonds. The Kier molecular flexibility index (Phi) is 5.80. The van der Waals surface area contributed by atoms with E-state index in [2.05, 4.69) is 63.0 Å². The summed E-state index contributed by atoms with van der Waals surface area (Å²) in [5, 5.41) is 1.11. The molecule has 1 unspecified atom stereocenters. The van der Waals surface area contributed by atoms with Crippen molar-refractivity contribution in [2.24, 2.45) is 5.92 Å². The lowest BCUT2D eigenvalue weighted by molar-refractivity contribution is 0.534. The van der Waals surface area contributed by atoms with E-state index in [-0.39, 0.29) is 0 Å². The fraction of sp³-hybridized carbons (Fsp3) is 0.500. The van der Waals surface area contributed by atoms with Crippen LogP contribution in [0.15, 0.2) is 28.7 Å². The normalized spacial score (nSPS) is 12.8. The third-order valence-electron chi connectivity index (χ3n) is 2.35. The zero-order chi connectivity index (χ0) is 10.4. The van der Waals surface area contributed by atoms with Gasteiger partial charge in [0, 0.05) is 9.80 Å². The number of hydrogen-bond acceptors (Lipinski definition) is 0. The molecular formula is C12H16Br2. The summed E-state index contributed by atoms with van der Waals surface area (Å²) >= 11 is 7.03. The molecule has 2 heteroatoms. The van der Waals surface area contributed by atoms with E-state index in [0.29, 0.717) is 0 Å². The lowest BCUT2D eigenvalue weighted by atomic mass is 9.97. The molecule has 0 spiro atoms. The molecule has 0 radical (unpaired) electrons. The van der Waals surface area contributed by atoms with Gasteiger partial charge in [0.25, 0.3) is 0 Å². The summed E-state index contributed by atoms with van der Waals surface area (Å²) in [5.74, 6) is 0.779. The maximum atomic E-state index is 3.58. The summed E-state index contributed by atoms with van der Waals surface area (Å²) in [5.41, 5.74) is 1.44. The molecule has 0 aromatic heterocycles. The number of alkyl halides is 1. The smallest absolute Gasteiger partial charge is 0.0175 e. The molecule has 0 aliphatic carbocycles. The van der Waals surface area contributed by atoms with Gasteiger partial charge in [-0.3, -0.25) is 0 Å². The average molecular weight is 320 g/mol. The zero-order valence-corrected chi connectivity index (χ0v) is 11.6. The minimum Gasteiger partial charge on any atom is -0.0925 e. The fourth-order valence-electron chi connectivity index (χ4n) is 1.60. The maximum Gasteiger partial charge on any atom is 0.0175 e. The molecule has 0 aliphatic heterocycles. The molecule has 0 N–H and O–H groups in total. The van der Waals surface area contributed by atoms with E-state index in [1.807, 2.05) is 0 Å². The van der Waals surface area contributed by atoms with E-state index in [4.69, 9.17) is 0 Å². The monoisotopic (exact) mass is 318 g/mol. The van der Waals surface area contributed by atoms with Gasteiger partial charge in [-0.05, 0) is 36.5 Å². The van der Waals surface area contributed by atoms with Crippen molar-refractivity contribution in [3.05, 3.63) is 34.3 Å². The second kappa shape index (κ2) is 6.62. The van der Waals surface area contributed by atoms with Crippen LogP contribution in [0.5, 0.6) is 0 Å². The highest BCUT2D eigenvalue weighted by Gasteiger charge is 2.06. The number of benzene rings is 1. The van der Waals surface area contributed by atoms with Crippen molar-refractivity contribution in [2.75, 3.05) is 5.33 Å². The topological polar surface area (TPSA) is 0 Å². The van der Waals surface area contributed by atoms with E-state index < -0.39 is 0 Å². The number of halogens is 2. The van der Waals surface area contributed by atoms with Crippen LogP contribution >= 0.6 is 31.9 Å². The molecule has 78 valence electrons.